The molecule has 0 aromatic heterocycles. The number of carbonyl (C=O) groups is 2. The zero-order chi connectivity index (χ0) is 22.1. The predicted molar refractivity (Wildman–Crippen MR) is 114 cm³/mol. The van der Waals surface area contributed by atoms with Crippen molar-refractivity contribution in [1.82, 2.24) is 15.4 Å². The number of para-hydroxylation sites is 1. The summed E-state index contributed by atoms with van der Waals surface area (Å²) in [4.78, 5) is 23.7. The van der Waals surface area contributed by atoms with E-state index < -0.39 is 21.6 Å². The Bertz CT molecular complexity index is 980. The van der Waals surface area contributed by atoms with Crippen molar-refractivity contribution in [1.29, 1.82) is 0 Å². The first-order valence-electron chi connectivity index (χ1n) is 9.27. The van der Waals surface area contributed by atoms with Gasteiger partial charge in [0, 0.05) is 13.5 Å². The molecule has 10 heteroatoms. The van der Waals surface area contributed by atoms with Crippen molar-refractivity contribution in [3.8, 4) is 5.75 Å². The Labute approximate surface area is 181 Å². The van der Waals surface area contributed by atoms with Crippen molar-refractivity contribution in [2.24, 2.45) is 0 Å². The molecule has 3 amide bonds. The summed E-state index contributed by atoms with van der Waals surface area (Å²) in [7, 11) is -2.65. The topological polar surface area (TPSA) is 114 Å². The van der Waals surface area contributed by atoms with Crippen LogP contribution in [0.1, 0.15) is 29.3 Å². The Morgan fingerprint density at radius 1 is 1.10 bits per heavy atom. The molecule has 0 fully saturated rings. The molecule has 8 nitrogen and oxygen atoms in total. The average molecular weight is 454 g/mol. The van der Waals surface area contributed by atoms with Gasteiger partial charge in [-0.15, -0.1) is 0 Å². The number of amides is 3. The number of hydrogen-bond donors (Lipinski definition) is 3. The number of urea groups is 1. The van der Waals surface area contributed by atoms with E-state index in [1.807, 2.05) is 11.6 Å². The van der Waals surface area contributed by atoms with E-state index in [1.165, 1.54) is 19.2 Å². The highest BCUT2D eigenvalue weighted by atomic mass is 35.5. The number of nitrogens with one attached hydrogen (secondary N) is 3. The fourth-order valence-corrected chi connectivity index (χ4v) is 3.74. The molecule has 30 heavy (non-hydrogen) atoms. The minimum Gasteiger partial charge on any atom is -0.493 e. The van der Waals surface area contributed by atoms with E-state index in [0.29, 0.717) is 23.5 Å². The lowest BCUT2D eigenvalue weighted by Crippen LogP contribution is -2.37. The van der Waals surface area contributed by atoms with Gasteiger partial charge >= 0.3 is 6.03 Å². The monoisotopic (exact) mass is 453 g/mol. The quantitative estimate of drug-likeness (QED) is 0.399. The standard InChI is InChI=1S/C20H24ClN3O5S/c1-3-12-29-17-7-5-4-6-16(17)19(25)23-18(21)13-14-8-10-15(11-9-14)30(27,28)24-20(26)22-2/h4-11,18H,3,12-13H2,1-2H3,(H,23,25)(H2,22,24,26). The maximum Gasteiger partial charge on any atom is 0.328 e. The van der Waals surface area contributed by atoms with Gasteiger partial charge in [0.15, 0.2) is 0 Å². The first-order valence-corrected chi connectivity index (χ1v) is 11.2. The van der Waals surface area contributed by atoms with E-state index in [9.17, 15) is 18.0 Å². The first-order chi connectivity index (χ1) is 14.3. The highest BCUT2D eigenvalue weighted by Gasteiger charge is 2.18. The van der Waals surface area contributed by atoms with Crippen molar-refractivity contribution in [2.45, 2.75) is 30.2 Å². The van der Waals surface area contributed by atoms with E-state index in [1.54, 1.807) is 36.4 Å². The molecule has 1 atom stereocenters. The van der Waals surface area contributed by atoms with Gasteiger partial charge in [0.1, 0.15) is 11.3 Å². The van der Waals surface area contributed by atoms with Gasteiger partial charge < -0.3 is 15.4 Å². The summed E-state index contributed by atoms with van der Waals surface area (Å²) < 4.78 is 31.6. The number of alkyl halides is 1. The van der Waals surface area contributed by atoms with Crippen LogP contribution in [0.2, 0.25) is 0 Å². The van der Waals surface area contributed by atoms with Crippen molar-refractivity contribution < 1.29 is 22.7 Å². The zero-order valence-electron chi connectivity index (χ0n) is 16.6. The Hall–Kier alpha value is -2.78. The van der Waals surface area contributed by atoms with Gasteiger partial charge in [0.25, 0.3) is 15.9 Å². The molecule has 0 saturated carbocycles. The summed E-state index contributed by atoms with van der Waals surface area (Å²) in [5, 5.41) is 4.88. The van der Waals surface area contributed by atoms with Crippen LogP contribution in [0.15, 0.2) is 53.4 Å². The second-order valence-corrected chi connectivity index (χ2v) is 8.53. The van der Waals surface area contributed by atoms with Crippen LogP contribution in [0.25, 0.3) is 0 Å². The largest absolute Gasteiger partial charge is 0.493 e. The number of carbonyl (C=O) groups excluding carboxylic acids is 2. The normalized spacial score (nSPS) is 12.0. The lowest BCUT2D eigenvalue weighted by Gasteiger charge is -2.15. The molecule has 1 unspecified atom stereocenters. The van der Waals surface area contributed by atoms with Gasteiger partial charge in [-0.05, 0) is 36.2 Å². The third kappa shape index (κ3) is 6.64. The van der Waals surface area contributed by atoms with Crippen LogP contribution < -0.4 is 20.1 Å². The third-order valence-corrected chi connectivity index (χ3v) is 5.59. The van der Waals surface area contributed by atoms with E-state index in [4.69, 9.17) is 16.3 Å². The van der Waals surface area contributed by atoms with E-state index in [0.717, 1.165) is 6.42 Å². The maximum atomic E-state index is 12.5. The van der Waals surface area contributed by atoms with E-state index in [2.05, 4.69) is 10.6 Å². The Kier molecular flexibility index (Phi) is 8.49. The summed E-state index contributed by atoms with van der Waals surface area (Å²) >= 11 is 6.28. The van der Waals surface area contributed by atoms with Crippen LogP contribution in [-0.2, 0) is 16.4 Å². The maximum absolute atomic E-state index is 12.5. The third-order valence-electron chi connectivity index (χ3n) is 3.98. The minimum absolute atomic E-state index is 0.0630. The molecule has 162 valence electrons. The summed E-state index contributed by atoms with van der Waals surface area (Å²) in [6, 6.07) is 11.9. The van der Waals surface area contributed by atoms with Crippen LogP contribution in [0.4, 0.5) is 4.79 Å². The van der Waals surface area contributed by atoms with Crippen LogP contribution in [0.3, 0.4) is 0 Å². The molecule has 0 aliphatic carbocycles. The van der Waals surface area contributed by atoms with Crippen LogP contribution in [0, 0.1) is 0 Å². The summed E-state index contributed by atoms with van der Waals surface area (Å²) in [5.74, 6) is 0.120. The summed E-state index contributed by atoms with van der Waals surface area (Å²) in [6.07, 6.45) is 1.09. The highest BCUT2D eigenvalue weighted by Crippen LogP contribution is 2.19. The molecule has 2 rings (SSSR count). The lowest BCUT2D eigenvalue weighted by atomic mass is 10.1. The van der Waals surface area contributed by atoms with Crippen LogP contribution in [-0.4, -0.2) is 39.5 Å². The number of halogens is 1. The molecule has 0 radical (unpaired) electrons. The average Bonchev–Trinajstić information content (AvgIpc) is 2.72. The molecule has 0 bridgehead atoms. The second-order valence-electron chi connectivity index (χ2n) is 6.32. The molecule has 0 saturated heterocycles. The molecule has 0 heterocycles. The van der Waals surface area contributed by atoms with E-state index in [-0.39, 0.29) is 17.2 Å². The minimum atomic E-state index is -3.96. The fraction of sp³-hybridized carbons (Fsp3) is 0.300. The molecule has 2 aromatic carbocycles. The van der Waals surface area contributed by atoms with Crippen LogP contribution in [0.5, 0.6) is 5.75 Å². The van der Waals surface area contributed by atoms with Crippen LogP contribution >= 0.6 is 11.6 Å². The Morgan fingerprint density at radius 3 is 2.40 bits per heavy atom. The Balaban J connectivity index is 2.01. The van der Waals surface area contributed by atoms with E-state index >= 15 is 0 Å². The fourth-order valence-electron chi connectivity index (χ4n) is 2.51. The van der Waals surface area contributed by atoms with Gasteiger partial charge in [0.05, 0.1) is 17.1 Å². The van der Waals surface area contributed by atoms with Crippen molar-refractivity contribution in [3.05, 3.63) is 59.7 Å². The second kappa shape index (κ2) is 10.8. The van der Waals surface area contributed by atoms with Crippen molar-refractivity contribution in [3.63, 3.8) is 0 Å². The molecule has 0 spiro atoms. The van der Waals surface area contributed by atoms with Gasteiger partial charge in [-0.25, -0.2) is 17.9 Å². The molecule has 0 aliphatic rings. The molecule has 2 aromatic rings. The summed E-state index contributed by atoms with van der Waals surface area (Å²) in [6.45, 7) is 2.47. The van der Waals surface area contributed by atoms with Gasteiger partial charge in [0.2, 0.25) is 0 Å². The Morgan fingerprint density at radius 2 is 1.77 bits per heavy atom. The van der Waals surface area contributed by atoms with Gasteiger partial charge in [-0.1, -0.05) is 42.8 Å². The number of sulfonamides is 1. The molecular formula is C20H24ClN3O5S. The number of hydrogen-bond acceptors (Lipinski definition) is 5. The number of rotatable bonds is 9. The zero-order valence-corrected chi connectivity index (χ0v) is 18.2. The predicted octanol–water partition coefficient (Wildman–Crippen LogP) is 2.63. The smallest absolute Gasteiger partial charge is 0.328 e. The molecule has 3 N–H and O–H groups in total. The molecule has 0 aliphatic heterocycles. The summed E-state index contributed by atoms with van der Waals surface area (Å²) in [5.41, 5.74) is 0.381. The first kappa shape index (κ1) is 23.5. The number of benzene rings is 2. The SMILES string of the molecule is CCCOc1ccccc1C(=O)NC(Cl)Cc1ccc(S(=O)(=O)NC(=O)NC)cc1. The van der Waals surface area contributed by atoms with Crippen molar-refractivity contribution in [2.75, 3.05) is 13.7 Å². The van der Waals surface area contributed by atoms with Gasteiger partial charge in [-0.3, -0.25) is 4.79 Å². The van der Waals surface area contributed by atoms with Gasteiger partial charge in [-0.2, -0.15) is 0 Å². The van der Waals surface area contributed by atoms with Crippen molar-refractivity contribution >= 4 is 33.6 Å². The number of ether oxygens (including phenoxy) is 1. The molecular weight excluding hydrogens is 430 g/mol. The lowest BCUT2D eigenvalue weighted by molar-refractivity contribution is 0.0944. The highest BCUT2D eigenvalue weighted by molar-refractivity contribution is 7.90.